The van der Waals surface area contributed by atoms with E-state index in [4.69, 9.17) is 0 Å². The first-order valence-corrected chi connectivity index (χ1v) is 9.80. The summed E-state index contributed by atoms with van der Waals surface area (Å²) in [4.78, 5) is 18.7. The average Bonchev–Trinajstić information content (AvgIpc) is 3.36. The number of nitrogens with one attached hydrogen (secondary N) is 1. The van der Waals surface area contributed by atoms with Crippen LogP contribution in [0.5, 0.6) is 0 Å². The Balaban J connectivity index is 1.52. The van der Waals surface area contributed by atoms with Crippen LogP contribution in [-0.4, -0.2) is 20.0 Å². The van der Waals surface area contributed by atoms with Crippen molar-refractivity contribution in [3.05, 3.63) is 75.5 Å². The second-order valence-corrected chi connectivity index (χ2v) is 7.74. The van der Waals surface area contributed by atoms with Gasteiger partial charge in [0.1, 0.15) is 5.82 Å². The summed E-state index contributed by atoms with van der Waals surface area (Å²) in [6.45, 7) is 5.25. The van der Waals surface area contributed by atoms with Gasteiger partial charge >= 0.3 is 0 Å². The van der Waals surface area contributed by atoms with Gasteiger partial charge in [-0.15, -0.1) is 11.3 Å². The van der Waals surface area contributed by atoms with E-state index < -0.39 is 0 Å². The fourth-order valence-corrected chi connectivity index (χ4v) is 4.13. The van der Waals surface area contributed by atoms with Gasteiger partial charge in [0, 0.05) is 23.3 Å². The number of fused-ring (bicyclic) bond motifs is 1. The smallest absolute Gasteiger partial charge is 0.253 e. The zero-order valence-electron chi connectivity index (χ0n) is 15.7. The van der Waals surface area contributed by atoms with Crippen molar-refractivity contribution < 1.29 is 4.79 Å². The highest BCUT2D eigenvalue weighted by Crippen LogP contribution is 2.20. The number of aromatic nitrogens is 3. The number of benzene rings is 1. The maximum Gasteiger partial charge on any atom is 0.253 e. The number of thiophene rings is 1. The average molecular weight is 379 g/mol. The van der Waals surface area contributed by atoms with Gasteiger partial charge in [0.15, 0.2) is 0 Å². The molecule has 27 heavy (non-hydrogen) atoms. The zero-order valence-corrected chi connectivity index (χ0v) is 16.5. The van der Waals surface area contributed by atoms with E-state index in [1.54, 1.807) is 11.3 Å². The third-order valence-electron chi connectivity index (χ3n) is 5.00. The lowest BCUT2D eigenvalue weighted by molar-refractivity contribution is 0.0949. The van der Waals surface area contributed by atoms with Crippen LogP contribution in [0.1, 0.15) is 32.4 Å². The lowest BCUT2D eigenvalue weighted by Crippen LogP contribution is -2.25. The van der Waals surface area contributed by atoms with Crippen molar-refractivity contribution in [2.75, 3.05) is 0 Å². The van der Waals surface area contributed by atoms with Crippen molar-refractivity contribution in [1.82, 2.24) is 19.4 Å². The molecule has 0 spiro atoms. The van der Waals surface area contributed by atoms with E-state index >= 15 is 0 Å². The van der Waals surface area contributed by atoms with Crippen molar-refractivity contribution in [3.8, 4) is 0 Å². The van der Waals surface area contributed by atoms with Crippen molar-refractivity contribution in [2.45, 2.75) is 26.9 Å². The molecule has 6 heteroatoms. The van der Waals surface area contributed by atoms with Gasteiger partial charge < -0.3 is 14.5 Å². The molecule has 0 unspecified atom stereocenters. The highest BCUT2D eigenvalue weighted by molar-refractivity contribution is 7.09. The molecule has 0 aliphatic rings. The molecule has 0 aliphatic heterocycles. The molecule has 0 bridgehead atoms. The molecule has 4 rings (SSSR count). The van der Waals surface area contributed by atoms with Crippen LogP contribution in [0.4, 0.5) is 0 Å². The van der Waals surface area contributed by atoms with E-state index in [1.165, 1.54) is 4.88 Å². The largest absolute Gasteiger partial charge is 0.345 e. The minimum Gasteiger partial charge on any atom is -0.345 e. The number of rotatable bonds is 5. The molecular weight excluding hydrogens is 356 g/mol. The van der Waals surface area contributed by atoms with Crippen molar-refractivity contribution >= 4 is 28.3 Å². The Morgan fingerprint density at radius 3 is 2.74 bits per heavy atom. The Morgan fingerprint density at radius 2 is 2.00 bits per heavy atom. The van der Waals surface area contributed by atoms with Gasteiger partial charge in [-0.3, -0.25) is 4.79 Å². The summed E-state index contributed by atoms with van der Waals surface area (Å²) in [6, 6.07) is 14.1. The van der Waals surface area contributed by atoms with E-state index in [9.17, 15) is 4.79 Å². The maximum atomic E-state index is 12.8. The Morgan fingerprint density at radius 1 is 1.19 bits per heavy atom. The molecule has 0 saturated heterocycles. The molecule has 1 aromatic carbocycles. The molecule has 138 valence electrons. The standard InChI is InChI=1S/C21H22N4OS/c1-14-11-17(15(2)25(14)13-16-7-6-10-27-16)21(26)22-12-20-23-18-8-4-5-9-19(18)24(20)3/h4-11H,12-13H2,1-3H3,(H,22,26). The summed E-state index contributed by atoms with van der Waals surface area (Å²) in [6.07, 6.45) is 0. The Bertz CT molecular complexity index is 1110. The van der Waals surface area contributed by atoms with Crippen LogP contribution in [0.15, 0.2) is 47.8 Å². The number of hydrogen-bond donors (Lipinski definition) is 1. The molecule has 0 fully saturated rings. The molecule has 3 heterocycles. The van der Waals surface area contributed by atoms with Crippen molar-refractivity contribution in [3.63, 3.8) is 0 Å². The van der Waals surface area contributed by atoms with Gasteiger partial charge in [-0.05, 0) is 43.5 Å². The predicted molar refractivity (Wildman–Crippen MR) is 109 cm³/mol. The molecule has 4 aromatic rings. The third-order valence-corrected chi connectivity index (χ3v) is 5.86. The van der Waals surface area contributed by atoms with E-state index in [0.29, 0.717) is 6.54 Å². The van der Waals surface area contributed by atoms with Gasteiger partial charge in [0.25, 0.3) is 5.91 Å². The summed E-state index contributed by atoms with van der Waals surface area (Å²) in [7, 11) is 1.98. The lowest BCUT2D eigenvalue weighted by Gasteiger charge is -2.09. The van der Waals surface area contributed by atoms with Gasteiger partial charge in [-0.2, -0.15) is 0 Å². The highest BCUT2D eigenvalue weighted by atomic mass is 32.1. The number of carbonyl (C=O) groups is 1. The minimum absolute atomic E-state index is 0.0624. The van der Waals surface area contributed by atoms with Crippen LogP contribution in [0.3, 0.4) is 0 Å². The first kappa shape index (κ1) is 17.5. The van der Waals surface area contributed by atoms with Crippen molar-refractivity contribution in [2.24, 2.45) is 7.05 Å². The molecule has 0 radical (unpaired) electrons. The number of aryl methyl sites for hydroxylation is 2. The van der Waals surface area contributed by atoms with Crippen LogP contribution in [0.2, 0.25) is 0 Å². The van der Waals surface area contributed by atoms with Gasteiger partial charge in [0.05, 0.1) is 29.7 Å². The summed E-state index contributed by atoms with van der Waals surface area (Å²) < 4.78 is 4.21. The summed E-state index contributed by atoms with van der Waals surface area (Å²) in [5, 5.41) is 5.10. The van der Waals surface area contributed by atoms with Gasteiger partial charge in [0.2, 0.25) is 0 Å². The molecule has 1 amide bonds. The first-order valence-electron chi connectivity index (χ1n) is 8.92. The quantitative estimate of drug-likeness (QED) is 0.570. The normalized spacial score (nSPS) is 11.2. The SMILES string of the molecule is Cc1cc(C(=O)NCc2nc3ccccc3n2C)c(C)n1Cc1cccs1. The Labute approximate surface area is 162 Å². The first-order chi connectivity index (χ1) is 13.0. The molecule has 0 saturated carbocycles. The maximum absolute atomic E-state index is 12.8. The monoisotopic (exact) mass is 378 g/mol. The second-order valence-electron chi connectivity index (χ2n) is 6.71. The third kappa shape index (κ3) is 3.28. The van der Waals surface area contributed by atoms with E-state index in [2.05, 4.69) is 32.4 Å². The molecular formula is C21H22N4OS. The number of amides is 1. The summed E-state index contributed by atoms with van der Waals surface area (Å²) in [5.74, 6) is 0.782. The van der Waals surface area contributed by atoms with E-state index in [0.717, 1.165) is 40.4 Å². The molecule has 5 nitrogen and oxygen atoms in total. The number of para-hydroxylation sites is 2. The number of hydrogen-bond acceptors (Lipinski definition) is 3. The Kier molecular flexibility index (Phi) is 4.58. The minimum atomic E-state index is -0.0624. The fourth-order valence-electron chi connectivity index (χ4n) is 3.44. The van der Waals surface area contributed by atoms with Crippen LogP contribution >= 0.6 is 11.3 Å². The van der Waals surface area contributed by atoms with E-state index in [1.807, 2.05) is 55.8 Å². The molecule has 3 aromatic heterocycles. The summed E-state index contributed by atoms with van der Waals surface area (Å²) >= 11 is 1.73. The van der Waals surface area contributed by atoms with Crippen molar-refractivity contribution in [1.29, 1.82) is 0 Å². The van der Waals surface area contributed by atoms with Crippen LogP contribution in [0, 0.1) is 13.8 Å². The summed E-state index contributed by atoms with van der Waals surface area (Å²) in [5.41, 5.74) is 4.81. The van der Waals surface area contributed by atoms with Gasteiger partial charge in [-0.1, -0.05) is 18.2 Å². The van der Waals surface area contributed by atoms with Crippen LogP contribution < -0.4 is 5.32 Å². The fraction of sp³-hybridized carbons (Fsp3) is 0.238. The number of nitrogens with zero attached hydrogens (tertiary/aromatic N) is 3. The van der Waals surface area contributed by atoms with Crippen LogP contribution in [-0.2, 0) is 20.1 Å². The molecule has 1 N–H and O–H groups in total. The Hall–Kier alpha value is -2.86. The van der Waals surface area contributed by atoms with Gasteiger partial charge in [-0.25, -0.2) is 4.98 Å². The van der Waals surface area contributed by atoms with Crippen LogP contribution in [0.25, 0.3) is 11.0 Å². The predicted octanol–water partition coefficient (Wildman–Crippen LogP) is 4.03. The molecule has 0 atom stereocenters. The second kappa shape index (κ2) is 7.04. The molecule has 0 aliphatic carbocycles. The highest BCUT2D eigenvalue weighted by Gasteiger charge is 2.17. The topological polar surface area (TPSA) is 51.9 Å². The van der Waals surface area contributed by atoms with E-state index in [-0.39, 0.29) is 5.91 Å². The number of carbonyl (C=O) groups excluding carboxylic acids is 1. The number of imidazole rings is 1. The zero-order chi connectivity index (χ0) is 19.0. The lowest BCUT2D eigenvalue weighted by atomic mass is 10.2.